The van der Waals surface area contributed by atoms with E-state index >= 15 is 0 Å². The average Bonchev–Trinajstić information content (AvgIpc) is 2.65. The molecule has 3 rings (SSSR count). The summed E-state index contributed by atoms with van der Waals surface area (Å²) in [4.78, 5) is 16.9. The third-order valence-corrected chi connectivity index (χ3v) is 3.69. The molecule has 1 aliphatic rings. The molecule has 0 radical (unpaired) electrons. The van der Waals surface area contributed by atoms with Crippen molar-refractivity contribution in [3.8, 4) is 0 Å². The summed E-state index contributed by atoms with van der Waals surface area (Å²) in [6.45, 7) is 0. The summed E-state index contributed by atoms with van der Waals surface area (Å²) in [5, 5.41) is 14.6. The van der Waals surface area contributed by atoms with Gasteiger partial charge in [-0.25, -0.2) is 4.99 Å². The summed E-state index contributed by atoms with van der Waals surface area (Å²) in [6.07, 6.45) is 0. The molecule has 0 atom stereocenters. The fourth-order valence-corrected chi connectivity index (χ4v) is 2.37. The Kier molecular flexibility index (Phi) is 3.56. The number of nitrogens with zero attached hydrogens (tertiary/aromatic N) is 3. The van der Waals surface area contributed by atoms with Gasteiger partial charge in [0.25, 0.3) is 5.69 Å². The molecule has 0 aromatic heterocycles. The number of fused-ring (bicyclic) bond motifs is 1. The van der Waals surface area contributed by atoms with Crippen molar-refractivity contribution in [2.75, 3.05) is 12.4 Å². The highest BCUT2D eigenvalue weighted by Gasteiger charge is 2.20. The van der Waals surface area contributed by atoms with E-state index in [1.165, 1.54) is 12.1 Å². The van der Waals surface area contributed by atoms with Gasteiger partial charge in [0.2, 0.25) is 0 Å². The Morgan fingerprint density at radius 2 is 2.00 bits per heavy atom. The van der Waals surface area contributed by atoms with Crippen molar-refractivity contribution in [1.82, 2.24) is 4.90 Å². The second-order valence-electron chi connectivity index (χ2n) is 4.75. The molecule has 0 fully saturated rings. The summed E-state index contributed by atoms with van der Waals surface area (Å²) in [7, 11) is 1.78. The van der Waals surface area contributed by atoms with E-state index in [-0.39, 0.29) is 5.69 Å². The number of nitro benzene ring substituents is 1. The third-order valence-electron chi connectivity index (χ3n) is 3.31. The van der Waals surface area contributed by atoms with Crippen molar-refractivity contribution in [1.29, 1.82) is 0 Å². The number of non-ortho nitro benzene ring substituents is 1. The first kappa shape index (κ1) is 14.2. The van der Waals surface area contributed by atoms with Crippen LogP contribution in [0, 0.1) is 10.1 Å². The minimum atomic E-state index is -0.425. The van der Waals surface area contributed by atoms with Crippen LogP contribution in [0.5, 0.6) is 0 Å². The van der Waals surface area contributed by atoms with Crippen LogP contribution < -0.4 is 5.32 Å². The zero-order chi connectivity index (χ0) is 15.7. The van der Waals surface area contributed by atoms with E-state index in [0.29, 0.717) is 16.5 Å². The molecule has 1 heterocycles. The van der Waals surface area contributed by atoms with Crippen molar-refractivity contribution < 1.29 is 4.92 Å². The predicted octanol–water partition coefficient (Wildman–Crippen LogP) is 3.32. The predicted molar refractivity (Wildman–Crippen MR) is 89.7 cm³/mol. The van der Waals surface area contributed by atoms with Gasteiger partial charge in [0.1, 0.15) is 5.84 Å². The van der Waals surface area contributed by atoms with Crippen LogP contribution >= 0.6 is 12.2 Å². The second-order valence-corrected chi connectivity index (χ2v) is 5.14. The highest BCUT2D eigenvalue weighted by molar-refractivity contribution is 7.80. The van der Waals surface area contributed by atoms with Gasteiger partial charge in [0.15, 0.2) is 5.11 Å². The molecular weight excluding hydrogens is 300 g/mol. The minimum absolute atomic E-state index is 0.0185. The molecule has 1 aliphatic heterocycles. The molecular formula is C15H12N4O2S. The number of amidine groups is 1. The molecule has 0 unspecified atom stereocenters. The van der Waals surface area contributed by atoms with Crippen LogP contribution in [0.4, 0.5) is 17.1 Å². The lowest BCUT2D eigenvalue weighted by Gasteiger charge is -2.20. The summed E-state index contributed by atoms with van der Waals surface area (Å²) < 4.78 is 0. The molecule has 22 heavy (non-hydrogen) atoms. The number of aliphatic imine (C=N–C) groups is 1. The maximum atomic E-state index is 11.0. The molecule has 0 saturated heterocycles. The lowest BCUT2D eigenvalue weighted by molar-refractivity contribution is -0.384. The molecule has 1 N–H and O–H groups in total. The average molecular weight is 312 g/mol. The van der Waals surface area contributed by atoms with Crippen molar-refractivity contribution >= 4 is 40.2 Å². The SMILES string of the molecule is CN1C(=S)Nc2ccccc2N=C1c1cccc([N+](=O)[O-])c1. The number of anilines is 1. The van der Waals surface area contributed by atoms with Crippen molar-refractivity contribution in [3.05, 3.63) is 64.2 Å². The molecule has 7 heteroatoms. The Morgan fingerprint density at radius 3 is 2.77 bits per heavy atom. The van der Waals surface area contributed by atoms with Crippen molar-refractivity contribution in [2.45, 2.75) is 0 Å². The topological polar surface area (TPSA) is 70.8 Å². The second kappa shape index (κ2) is 5.53. The van der Waals surface area contributed by atoms with Crippen LogP contribution in [0.1, 0.15) is 5.56 Å². The van der Waals surface area contributed by atoms with Gasteiger partial charge >= 0.3 is 0 Å². The van der Waals surface area contributed by atoms with E-state index < -0.39 is 4.92 Å². The van der Waals surface area contributed by atoms with Gasteiger partial charge < -0.3 is 10.2 Å². The van der Waals surface area contributed by atoms with Crippen molar-refractivity contribution in [2.24, 2.45) is 4.99 Å². The summed E-state index contributed by atoms with van der Waals surface area (Å²) in [5.74, 6) is 0.561. The third kappa shape index (κ3) is 2.53. The Labute approximate surface area is 132 Å². The first-order valence-electron chi connectivity index (χ1n) is 6.53. The zero-order valence-electron chi connectivity index (χ0n) is 11.7. The molecule has 0 aliphatic carbocycles. The van der Waals surface area contributed by atoms with Gasteiger partial charge in [-0.05, 0) is 24.4 Å². The van der Waals surface area contributed by atoms with Crippen LogP contribution in [0.25, 0.3) is 0 Å². The van der Waals surface area contributed by atoms with E-state index in [9.17, 15) is 10.1 Å². The van der Waals surface area contributed by atoms with Crippen molar-refractivity contribution in [3.63, 3.8) is 0 Å². The molecule has 2 aromatic carbocycles. The number of rotatable bonds is 2. The normalized spacial score (nSPS) is 13.8. The Balaban J connectivity index is 2.15. The maximum Gasteiger partial charge on any atom is 0.270 e. The van der Waals surface area contributed by atoms with E-state index in [1.54, 1.807) is 24.1 Å². The molecule has 0 amide bonds. The first-order chi connectivity index (χ1) is 10.6. The zero-order valence-corrected chi connectivity index (χ0v) is 12.5. The fourth-order valence-electron chi connectivity index (χ4n) is 2.18. The lowest BCUT2D eigenvalue weighted by Crippen LogP contribution is -2.35. The molecule has 110 valence electrons. The molecule has 0 bridgehead atoms. The fraction of sp³-hybridized carbons (Fsp3) is 0.0667. The number of nitro groups is 1. The van der Waals surface area contributed by atoms with E-state index in [2.05, 4.69) is 10.3 Å². The number of nitrogens with one attached hydrogen (secondary N) is 1. The van der Waals surface area contributed by atoms with E-state index in [0.717, 1.165) is 11.4 Å². The molecule has 0 saturated carbocycles. The molecule has 2 aromatic rings. The highest BCUT2D eigenvalue weighted by Crippen LogP contribution is 2.29. The quantitative estimate of drug-likeness (QED) is 0.523. The Bertz CT molecular complexity index is 804. The smallest absolute Gasteiger partial charge is 0.270 e. The maximum absolute atomic E-state index is 11.0. The van der Waals surface area contributed by atoms with Crippen LogP contribution in [0.3, 0.4) is 0 Å². The number of benzene rings is 2. The first-order valence-corrected chi connectivity index (χ1v) is 6.94. The van der Waals surface area contributed by atoms with Gasteiger partial charge in [-0.15, -0.1) is 0 Å². The van der Waals surface area contributed by atoms with Crippen LogP contribution in [0.2, 0.25) is 0 Å². The molecule has 6 nitrogen and oxygen atoms in total. The van der Waals surface area contributed by atoms with E-state index in [1.807, 2.05) is 24.3 Å². The summed E-state index contributed by atoms with van der Waals surface area (Å²) >= 11 is 5.35. The van der Waals surface area contributed by atoms with Crippen LogP contribution in [0.15, 0.2) is 53.5 Å². The van der Waals surface area contributed by atoms with Gasteiger partial charge in [-0.2, -0.15) is 0 Å². The number of para-hydroxylation sites is 2. The number of hydrogen-bond acceptors (Lipinski definition) is 4. The van der Waals surface area contributed by atoms with Gasteiger partial charge in [0, 0.05) is 24.7 Å². The number of hydrogen-bond donors (Lipinski definition) is 1. The van der Waals surface area contributed by atoms with Gasteiger partial charge in [-0.3, -0.25) is 10.1 Å². The van der Waals surface area contributed by atoms with Gasteiger partial charge in [0.05, 0.1) is 16.3 Å². The monoisotopic (exact) mass is 312 g/mol. The Morgan fingerprint density at radius 1 is 1.23 bits per heavy atom. The molecule has 0 spiro atoms. The highest BCUT2D eigenvalue weighted by atomic mass is 32.1. The summed E-state index contributed by atoms with van der Waals surface area (Å²) in [6, 6.07) is 13.9. The minimum Gasteiger partial charge on any atom is -0.330 e. The lowest BCUT2D eigenvalue weighted by atomic mass is 10.1. The Hall–Kier alpha value is -2.80. The number of thiocarbonyl (C=S) groups is 1. The van der Waals surface area contributed by atoms with Gasteiger partial charge in [-0.1, -0.05) is 24.3 Å². The van der Waals surface area contributed by atoms with Crippen LogP contribution in [-0.4, -0.2) is 27.8 Å². The standard InChI is InChI=1S/C15H12N4O2S/c1-18-14(10-5-4-6-11(9-10)19(20)21)16-12-7-2-3-8-13(12)17-15(18)22/h2-9H,1H3,(H,17,22). The van der Waals surface area contributed by atoms with Crippen LogP contribution in [-0.2, 0) is 0 Å². The van der Waals surface area contributed by atoms with E-state index in [4.69, 9.17) is 12.2 Å². The summed E-state index contributed by atoms with van der Waals surface area (Å²) in [5.41, 5.74) is 2.19. The largest absolute Gasteiger partial charge is 0.330 e.